The van der Waals surface area contributed by atoms with Crippen LogP contribution in [0.25, 0.3) is 44.2 Å². The van der Waals surface area contributed by atoms with Crippen LogP contribution in [-0.2, 0) is 10.8 Å². The fourth-order valence-corrected chi connectivity index (χ4v) is 11.6. The molecule has 0 aromatic heterocycles. The van der Waals surface area contributed by atoms with Gasteiger partial charge in [-0.25, -0.2) is 0 Å². The molecule has 1 fully saturated rings. The summed E-state index contributed by atoms with van der Waals surface area (Å²) in [6.45, 7) is 17.0. The summed E-state index contributed by atoms with van der Waals surface area (Å²) >= 11 is 0. The van der Waals surface area contributed by atoms with Crippen molar-refractivity contribution in [3.63, 3.8) is 0 Å². The standard InChI is InChI=1S/C54H51BN2/c1-34-16-15-17-35(2)48(34)39-30-44-43-27-24-38-20-11-12-21-42(38)50(43)57(41-25-22-37(23-26-41)36-18-9-8-10-19-36)55-46-33-40(52(3,4)5)32-45-51(46)56(47(31-39)49(44)55)54(7)29-14-13-28-53(45,54)6/h8-12,15-27,30-33H,13-14,28-29H2,1-7H3. The predicted molar refractivity (Wildman–Crippen MR) is 245 cm³/mol. The summed E-state index contributed by atoms with van der Waals surface area (Å²) in [5, 5.41) is 2.57. The van der Waals surface area contributed by atoms with Crippen LogP contribution in [0.15, 0.2) is 133 Å². The van der Waals surface area contributed by atoms with Crippen molar-refractivity contribution in [3.8, 4) is 33.4 Å². The lowest BCUT2D eigenvalue weighted by molar-refractivity contribution is 0.195. The van der Waals surface area contributed by atoms with Crippen LogP contribution in [0.1, 0.15) is 82.6 Å². The Hall–Kier alpha value is -5.54. The van der Waals surface area contributed by atoms with Crippen molar-refractivity contribution in [1.29, 1.82) is 0 Å². The second-order valence-electron chi connectivity index (χ2n) is 19.0. The Morgan fingerprint density at radius 1 is 0.614 bits per heavy atom. The lowest BCUT2D eigenvalue weighted by atomic mass is 9.43. The molecule has 3 aliphatic heterocycles. The van der Waals surface area contributed by atoms with Gasteiger partial charge in [0, 0.05) is 39.1 Å². The molecule has 0 spiro atoms. The number of benzene rings is 7. The molecule has 2 nitrogen and oxygen atoms in total. The molecule has 0 N–H and O–H groups in total. The Labute approximate surface area is 339 Å². The molecule has 2 atom stereocenters. The lowest BCUT2D eigenvalue weighted by Crippen LogP contribution is -2.64. The highest BCUT2D eigenvalue weighted by atomic mass is 15.3. The first-order chi connectivity index (χ1) is 27.5. The number of aryl methyl sites for hydroxylation is 2. The maximum absolute atomic E-state index is 2.89. The van der Waals surface area contributed by atoms with Gasteiger partial charge in [-0.2, -0.15) is 0 Å². The second-order valence-corrected chi connectivity index (χ2v) is 19.0. The number of anilines is 4. The minimum atomic E-state index is -0.0528. The Kier molecular flexibility index (Phi) is 7.30. The fraction of sp³-hybridized carbons (Fsp3) is 0.259. The normalized spacial score (nSPS) is 20.3. The van der Waals surface area contributed by atoms with Gasteiger partial charge in [-0.1, -0.05) is 150 Å². The van der Waals surface area contributed by atoms with Crippen LogP contribution in [-0.4, -0.2) is 12.4 Å². The van der Waals surface area contributed by atoms with Crippen LogP contribution in [0.2, 0.25) is 0 Å². The molecule has 4 aliphatic rings. The van der Waals surface area contributed by atoms with Gasteiger partial charge in [-0.3, -0.25) is 0 Å². The number of fused-ring (bicyclic) bond motifs is 9. The molecule has 57 heavy (non-hydrogen) atoms. The van der Waals surface area contributed by atoms with Gasteiger partial charge in [0.05, 0.1) is 5.54 Å². The first-order valence-corrected chi connectivity index (χ1v) is 21.2. The molecule has 7 aromatic rings. The SMILES string of the molecule is Cc1cccc(C)c1-c1cc2c3c(c1)N1c4c(cc(C(C)(C)C)cc4C4(C)CCCCC14C)B3N(c1ccc(-c3ccccc3)cc1)c1c-2ccc2ccccc12. The largest absolute Gasteiger partial charge is 0.376 e. The van der Waals surface area contributed by atoms with E-state index in [0.29, 0.717) is 0 Å². The van der Waals surface area contributed by atoms with Crippen molar-refractivity contribution in [2.75, 3.05) is 9.71 Å². The van der Waals surface area contributed by atoms with Gasteiger partial charge in [-0.05, 0) is 130 Å². The smallest absolute Gasteiger partial charge is 0.333 e. The quantitative estimate of drug-likeness (QED) is 0.167. The first-order valence-electron chi connectivity index (χ1n) is 21.2. The van der Waals surface area contributed by atoms with E-state index < -0.39 is 0 Å². The Balaban J connectivity index is 1.30. The average molecular weight is 739 g/mol. The number of hydrogen-bond donors (Lipinski definition) is 0. The maximum atomic E-state index is 2.89. The van der Waals surface area contributed by atoms with E-state index in [9.17, 15) is 0 Å². The Morgan fingerprint density at radius 3 is 2.07 bits per heavy atom. The molecule has 1 aliphatic carbocycles. The zero-order chi connectivity index (χ0) is 39.0. The van der Waals surface area contributed by atoms with Gasteiger partial charge in [0.25, 0.3) is 0 Å². The Morgan fingerprint density at radius 2 is 1.32 bits per heavy atom. The Bertz CT molecular complexity index is 2770. The van der Waals surface area contributed by atoms with E-state index in [1.54, 1.807) is 5.56 Å². The second kappa shape index (κ2) is 12.0. The summed E-state index contributed by atoms with van der Waals surface area (Å²) in [5.41, 5.74) is 21.8. The van der Waals surface area contributed by atoms with Crippen LogP contribution in [0.3, 0.4) is 0 Å². The summed E-state index contributed by atoms with van der Waals surface area (Å²) in [7, 11) is 0. The summed E-state index contributed by atoms with van der Waals surface area (Å²) in [6.07, 6.45) is 4.92. The number of rotatable bonds is 3. The molecule has 2 unspecified atom stereocenters. The third-order valence-corrected chi connectivity index (χ3v) is 14.8. The van der Waals surface area contributed by atoms with Crippen LogP contribution in [0.5, 0.6) is 0 Å². The molecule has 0 bridgehead atoms. The number of hydrogen-bond acceptors (Lipinski definition) is 2. The first kappa shape index (κ1) is 34.7. The van der Waals surface area contributed by atoms with Crippen molar-refractivity contribution >= 4 is 51.3 Å². The van der Waals surface area contributed by atoms with Gasteiger partial charge in [0.15, 0.2) is 0 Å². The lowest BCUT2D eigenvalue weighted by Gasteiger charge is -2.53. The highest BCUT2D eigenvalue weighted by Crippen LogP contribution is 2.63. The molecule has 0 saturated heterocycles. The predicted octanol–water partition coefficient (Wildman–Crippen LogP) is 13.1. The van der Waals surface area contributed by atoms with Crippen molar-refractivity contribution in [2.45, 2.75) is 90.5 Å². The molecule has 3 heterocycles. The molecule has 0 amide bonds. The maximum Gasteiger partial charge on any atom is 0.333 e. The van der Waals surface area contributed by atoms with Gasteiger partial charge < -0.3 is 9.71 Å². The zero-order valence-electron chi connectivity index (χ0n) is 34.5. The average Bonchev–Trinajstić information content (AvgIpc) is 3.43. The summed E-state index contributed by atoms with van der Waals surface area (Å²) < 4.78 is 0. The van der Waals surface area contributed by atoms with Crippen molar-refractivity contribution in [3.05, 3.63) is 156 Å². The molecular formula is C54H51BN2. The van der Waals surface area contributed by atoms with E-state index >= 15 is 0 Å². The van der Waals surface area contributed by atoms with E-state index in [0.717, 1.165) is 0 Å². The van der Waals surface area contributed by atoms with Crippen molar-refractivity contribution in [1.82, 2.24) is 0 Å². The van der Waals surface area contributed by atoms with Crippen molar-refractivity contribution < 1.29 is 0 Å². The van der Waals surface area contributed by atoms with Gasteiger partial charge in [-0.15, -0.1) is 0 Å². The molecule has 280 valence electrons. The minimum absolute atomic E-state index is 0.00284. The third-order valence-electron chi connectivity index (χ3n) is 14.8. The van der Waals surface area contributed by atoms with E-state index in [-0.39, 0.29) is 23.2 Å². The van der Waals surface area contributed by atoms with Crippen LogP contribution >= 0.6 is 0 Å². The zero-order valence-corrected chi connectivity index (χ0v) is 34.5. The third kappa shape index (κ3) is 4.72. The topological polar surface area (TPSA) is 6.48 Å². The van der Waals surface area contributed by atoms with E-state index in [1.807, 2.05) is 0 Å². The number of nitrogens with zero attached hydrogens (tertiary/aromatic N) is 2. The molecular weight excluding hydrogens is 687 g/mol. The highest BCUT2D eigenvalue weighted by Gasteiger charge is 2.62. The molecule has 11 rings (SSSR count). The summed E-state index contributed by atoms with van der Waals surface area (Å²) in [6, 6.07) is 51.2. The van der Waals surface area contributed by atoms with E-state index in [4.69, 9.17) is 0 Å². The summed E-state index contributed by atoms with van der Waals surface area (Å²) in [4.78, 5) is 5.63. The molecule has 7 aromatic carbocycles. The summed E-state index contributed by atoms with van der Waals surface area (Å²) in [5.74, 6) is 0. The van der Waals surface area contributed by atoms with E-state index in [2.05, 4.69) is 192 Å². The molecule has 1 saturated carbocycles. The molecule has 3 heteroatoms. The van der Waals surface area contributed by atoms with Crippen LogP contribution in [0, 0.1) is 13.8 Å². The highest BCUT2D eigenvalue weighted by molar-refractivity contribution is 6.94. The van der Waals surface area contributed by atoms with Crippen LogP contribution in [0.4, 0.5) is 22.7 Å². The van der Waals surface area contributed by atoms with Gasteiger partial charge in [0.1, 0.15) is 0 Å². The molecule has 0 radical (unpaired) electrons. The van der Waals surface area contributed by atoms with Crippen molar-refractivity contribution in [2.24, 2.45) is 0 Å². The monoisotopic (exact) mass is 738 g/mol. The van der Waals surface area contributed by atoms with Crippen LogP contribution < -0.4 is 20.6 Å². The van der Waals surface area contributed by atoms with E-state index in [1.165, 1.54) is 120 Å². The fourth-order valence-electron chi connectivity index (χ4n) is 11.6. The minimum Gasteiger partial charge on any atom is -0.376 e. The van der Waals surface area contributed by atoms with Gasteiger partial charge in [0.2, 0.25) is 0 Å². The van der Waals surface area contributed by atoms with Gasteiger partial charge >= 0.3 is 6.85 Å².